The number of hydrogen-bond donors (Lipinski definition) is 0. The number of benzene rings is 1. The predicted octanol–water partition coefficient (Wildman–Crippen LogP) is 4.67. The van der Waals surface area contributed by atoms with Gasteiger partial charge in [0.15, 0.2) is 0 Å². The van der Waals surface area contributed by atoms with E-state index in [4.69, 9.17) is 0 Å². The number of allylic oxidation sites excluding steroid dienone is 3. The Hall–Kier alpha value is -1.30. The summed E-state index contributed by atoms with van der Waals surface area (Å²) >= 11 is 0. The third-order valence-electron chi connectivity index (χ3n) is 2.59. The fourth-order valence-electron chi connectivity index (χ4n) is 1.93. The summed E-state index contributed by atoms with van der Waals surface area (Å²) in [6.45, 7) is 14.7. The monoisotopic (exact) mass is 200 g/mol. The molecule has 0 saturated heterocycles. The van der Waals surface area contributed by atoms with Crippen LogP contribution >= 0.6 is 0 Å². The Morgan fingerprint density at radius 1 is 1.07 bits per heavy atom. The first kappa shape index (κ1) is 11.8. The summed E-state index contributed by atoms with van der Waals surface area (Å²) in [5.41, 5.74) is 7.72. The van der Waals surface area contributed by atoms with Gasteiger partial charge >= 0.3 is 0 Å². The Bertz CT molecular complexity index is 416. The zero-order valence-electron chi connectivity index (χ0n) is 10.4. The molecule has 0 unspecified atom stereocenters. The lowest BCUT2D eigenvalue weighted by Crippen LogP contribution is -1.93. The largest absolute Gasteiger partial charge is 0.0955 e. The summed E-state index contributed by atoms with van der Waals surface area (Å²) in [6, 6.07) is 6.57. The van der Waals surface area contributed by atoms with Crippen molar-refractivity contribution in [2.75, 3.05) is 0 Å². The fourth-order valence-corrected chi connectivity index (χ4v) is 1.93. The Morgan fingerprint density at radius 3 is 2.13 bits per heavy atom. The van der Waals surface area contributed by atoms with Gasteiger partial charge in [-0.15, -0.1) is 0 Å². The molecule has 0 fully saturated rings. The summed E-state index contributed by atoms with van der Waals surface area (Å²) in [4.78, 5) is 0. The molecule has 0 aliphatic heterocycles. The third-order valence-corrected chi connectivity index (χ3v) is 2.59. The molecule has 0 radical (unpaired) electrons. The van der Waals surface area contributed by atoms with Crippen LogP contribution in [-0.2, 0) is 0 Å². The van der Waals surface area contributed by atoms with Gasteiger partial charge in [-0.1, -0.05) is 41.5 Å². The minimum absolute atomic E-state index is 1.14. The summed E-state index contributed by atoms with van der Waals surface area (Å²) < 4.78 is 0. The van der Waals surface area contributed by atoms with E-state index in [0.29, 0.717) is 0 Å². The average Bonchev–Trinajstić information content (AvgIpc) is 2.10. The molecule has 80 valence electrons. The van der Waals surface area contributed by atoms with Gasteiger partial charge in [-0.3, -0.25) is 0 Å². The topological polar surface area (TPSA) is 0 Å². The normalized spacial score (nSPS) is 9.93. The first-order valence-corrected chi connectivity index (χ1v) is 5.34. The molecule has 0 saturated carbocycles. The molecular weight excluding hydrogens is 180 g/mol. The maximum absolute atomic E-state index is 4.07. The van der Waals surface area contributed by atoms with Gasteiger partial charge in [-0.2, -0.15) is 0 Å². The van der Waals surface area contributed by atoms with Crippen LogP contribution in [0.2, 0.25) is 0 Å². The Morgan fingerprint density at radius 2 is 1.67 bits per heavy atom. The van der Waals surface area contributed by atoms with E-state index in [0.717, 1.165) is 5.57 Å². The van der Waals surface area contributed by atoms with Crippen molar-refractivity contribution in [2.45, 2.75) is 34.6 Å². The molecule has 0 heteroatoms. The van der Waals surface area contributed by atoms with Gasteiger partial charge in [0.2, 0.25) is 0 Å². The van der Waals surface area contributed by atoms with Gasteiger partial charge in [0.05, 0.1) is 0 Å². The summed E-state index contributed by atoms with van der Waals surface area (Å²) in [5, 5.41) is 0. The van der Waals surface area contributed by atoms with Gasteiger partial charge in [0.25, 0.3) is 0 Å². The minimum Gasteiger partial charge on any atom is -0.0955 e. The van der Waals surface area contributed by atoms with E-state index in [-0.39, 0.29) is 0 Å². The van der Waals surface area contributed by atoms with Gasteiger partial charge in [0, 0.05) is 0 Å². The van der Waals surface area contributed by atoms with Crippen LogP contribution in [0, 0.1) is 13.8 Å². The molecule has 0 spiro atoms. The van der Waals surface area contributed by atoms with Crippen LogP contribution in [0.4, 0.5) is 0 Å². The molecule has 1 aromatic rings. The summed E-state index contributed by atoms with van der Waals surface area (Å²) in [7, 11) is 0. The van der Waals surface area contributed by atoms with Crippen molar-refractivity contribution in [2.24, 2.45) is 0 Å². The highest BCUT2D eigenvalue weighted by Gasteiger charge is 2.07. The van der Waals surface area contributed by atoms with Gasteiger partial charge in [-0.25, -0.2) is 0 Å². The van der Waals surface area contributed by atoms with Gasteiger partial charge in [-0.05, 0) is 51.3 Å². The summed E-state index contributed by atoms with van der Waals surface area (Å²) in [6.07, 6.45) is 0. The van der Waals surface area contributed by atoms with Crippen molar-refractivity contribution < 1.29 is 0 Å². The lowest BCUT2D eigenvalue weighted by atomic mass is 9.91. The fraction of sp³-hybridized carbons (Fsp3) is 0.333. The molecule has 0 nitrogen and oxygen atoms in total. The van der Waals surface area contributed by atoms with E-state index in [1.165, 1.54) is 27.8 Å². The number of rotatable bonds is 2. The molecule has 0 amide bonds. The first-order valence-electron chi connectivity index (χ1n) is 5.34. The van der Waals surface area contributed by atoms with Crippen LogP contribution in [0.25, 0.3) is 5.57 Å². The second kappa shape index (κ2) is 4.48. The van der Waals surface area contributed by atoms with Crippen molar-refractivity contribution in [3.8, 4) is 0 Å². The molecular formula is C15H20. The third kappa shape index (κ3) is 2.59. The van der Waals surface area contributed by atoms with Gasteiger partial charge in [0.1, 0.15) is 0 Å². The van der Waals surface area contributed by atoms with E-state index in [9.17, 15) is 0 Å². The quantitative estimate of drug-likeness (QED) is 0.608. The molecule has 0 aliphatic rings. The molecule has 0 aromatic heterocycles. The van der Waals surface area contributed by atoms with Crippen molar-refractivity contribution in [3.63, 3.8) is 0 Å². The van der Waals surface area contributed by atoms with E-state index in [1.807, 2.05) is 0 Å². The van der Waals surface area contributed by atoms with Crippen molar-refractivity contribution >= 4 is 5.57 Å². The molecule has 15 heavy (non-hydrogen) atoms. The maximum Gasteiger partial charge on any atom is -0.0150 e. The molecule has 0 N–H and O–H groups in total. The van der Waals surface area contributed by atoms with E-state index >= 15 is 0 Å². The minimum atomic E-state index is 1.14. The SMILES string of the molecule is C=C(C)C(=C(C)C)c1cc(C)ccc1C. The maximum atomic E-state index is 4.07. The van der Waals surface area contributed by atoms with E-state index < -0.39 is 0 Å². The van der Waals surface area contributed by atoms with Crippen molar-refractivity contribution in [1.29, 1.82) is 0 Å². The average molecular weight is 200 g/mol. The van der Waals surface area contributed by atoms with Crippen molar-refractivity contribution in [1.82, 2.24) is 0 Å². The summed E-state index contributed by atoms with van der Waals surface area (Å²) in [5.74, 6) is 0. The second-order valence-corrected chi connectivity index (χ2v) is 4.47. The molecule has 0 atom stereocenters. The van der Waals surface area contributed by atoms with Crippen LogP contribution in [0.5, 0.6) is 0 Å². The smallest absolute Gasteiger partial charge is 0.0150 e. The zero-order valence-corrected chi connectivity index (χ0v) is 10.4. The van der Waals surface area contributed by atoms with Gasteiger partial charge < -0.3 is 0 Å². The van der Waals surface area contributed by atoms with Crippen LogP contribution in [0.15, 0.2) is 35.9 Å². The molecule has 1 aromatic carbocycles. The lowest BCUT2D eigenvalue weighted by Gasteiger charge is -2.14. The molecule has 1 rings (SSSR count). The first-order chi connectivity index (χ1) is 6.93. The predicted molar refractivity (Wildman–Crippen MR) is 69.0 cm³/mol. The van der Waals surface area contributed by atoms with Crippen LogP contribution in [-0.4, -0.2) is 0 Å². The molecule has 0 aliphatic carbocycles. The van der Waals surface area contributed by atoms with E-state index in [1.54, 1.807) is 0 Å². The molecule has 0 heterocycles. The number of hydrogen-bond acceptors (Lipinski definition) is 0. The molecule has 0 bridgehead atoms. The lowest BCUT2D eigenvalue weighted by molar-refractivity contribution is 1.31. The van der Waals surface area contributed by atoms with Crippen LogP contribution < -0.4 is 0 Å². The highest BCUT2D eigenvalue weighted by molar-refractivity contribution is 5.81. The van der Waals surface area contributed by atoms with Crippen LogP contribution in [0.1, 0.15) is 37.5 Å². The zero-order chi connectivity index (χ0) is 11.6. The second-order valence-electron chi connectivity index (χ2n) is 4.47. The Balaban J connectivity index is 3.43. The Kier molecular flexibility index (Phi) is 3.52. The highest BCUT2D eigenvalue weighted by Crippen LogP contribution is 2.28. The standard InChI is InChI=1S/C15H20/c1-10(2)15(11(3)4)14-9-12(5)7-8-13(14)6/h7-9H,1H2,2-6H3. The highest BCUT2D eigenvalue weighted by atomic mass is 14.1. The van der Waals surface area contributed by atoms with Crippen molar-refractivity contribution in [3.05, 3.63) is 52.6 Å². The van der Waals surface area contributed by atoms with E-state index in [2.05, 4.69) is 59.4 Å². The number of aryl methyl sites for hydroxylation is 2. The Labute approximate surface area is 93.3 Å². The van der Waals surface area contributed by atoms with Crippen LogP contribution in [0.3, 0.4) is 0 Å².